The number of piperazine rings is 1. The summed E-state index contributed by atoms with van der Waals surface area (Å²) in [4.78, 5) is 4.29. The highest BCUT2D eigenvalue weighted by molar-refractivity contribution is 7.92. The van der Waals surface area contributed by atoms with E-state index in [1.807, 2.05) is 6.07 Å². The summed E-state index contributed by atoms with van der Waals surface area (Å²) >= 11 is 0. The van der Waals surface area contributed by atoms with Crippen LogP contribution in [0.2, 0.25) is 0 Å². The molecule has 0 aliphatic carbocycles. The molecule has 1 saturated heterocycles. The van der Waals surface area contributed by atoms with Crippen molar-refractivity contribution in [2.75, 3.05) is 55.9 Å². The van der Waals surface area contributed by atoms with Crippen molar-refractivity contribution in [3.63, 3.8) is 0 Å². The number of hydrogen-bond donors (Lipinski definition) is 1. The van der Waals surface area contributed by atoms with E-state index in [-0.39, 0.29) is 24.8 Å². The maximum Gasteiger partial charge on any atom is 0.314 e. The van der Waals surface area contributed by atoms with Crippen LogP contribution in [-0.4, -0.2) is 85.1 Å². The predicted molar refractivity (Wildman–Crippen MR) is 131 cm³/mol. The summed E-state index contributed by atoms with van der Waals surface area (Å²) in [5.41, 5.74) is 1.75. The number of alkyl halides is 2. The summed E-state index contributed by atoms with van der Waals surface area (Å²) in [7, 11) is -3.65. The number of para-hydroxylation sites is 1. The molecule has 0 unspecified atom stereocenters. The van der Waals surface area contributed by atoms with Crippen molar-refractivity contribution >= 4 is 15.7 Å². The van der Waals surface area contributed by atoms with Crippen molar-refractivity contribution in [2.24, 2.45) is 0 Å². The minimum Gasteiger partial charge on any atom is -0.415 e. The van der Waals surface area contributed by atoms with Crippen LogP contribution in [0, 0.1) is 0 Å². The van der Waals surface area contributed by atoms with Crippen LogP contribution in [-0.2, 0) is 16.6 Å². The quantitative estimate of drug-likeness (QED) is 0.411. The van der Waals surface area contributed by atoms with Crippen molar-refractivity contribution in [3.8, 4) is 11.5 Å². The first-order valence-corrected chi connectivity index (χ1v) is 13.3. The van der Waals surface area contributed by atoms with E-state index in [1.165, 1.54) is 4.31 Å². The lowest BCUT2D eigenvalue weighted by atomic mass is 10.1. The highest BCUT2D eigenvalue weighted by Crippen LogP contribution is 2.25. The molecule has 2 heterocycles. The van der Waals surface area contributed by atoms with Gasteiger partial charge in [-0.3, -0.25) is 14.1 Å². The molecule has 0 spiro atoms. The monoisotopic (exact) mass is 521 g/mol. The maximum absolute atomic E-state index is 13.5. The first-order chi connectivity index (χ1) is 17.4. The SMILES string of the molecule is O=S(=O)(CCN1CCN(CCO)CC1)N(Cc1ccc(-c2nnc(C(F)F)o2)cc1)c1ccccc1. The molecule has 0 amide bonds. The zero-order valence-electron chi connectivity index (χ0n) is 19.7. The molecule has 4 rings (SSSR count). The van der Waals surface area contributed by atoms with Crippen molar-refractivity contribution in [1.82, 2.24) is 20.0 Å². The van der Waals surface area contributed by atoms with Gasteiger partial charge in [0.1, 0.15) is 0 Å². The molecular formula is C24H29F2N5O4S. The lowest BCUT2D eigenvalue weighted by Gasteiger charge is -2.34. The maximum atomic E-state index is 13.5. The largest absolute Gasteiger partial charge is 0.415 e. The molecule has 1 fully saturated rings. The van der Waals surface area contributed by atoms with Crippen LogP contribution in [0.5, 0.6) is 0 Å². The summed E-state index contributed by atoms with van der Waals surface area (Å²) in [6.07, 6.45) is -2.85. The van der Waals surface area contributed by atoms with Crippen molar-refractivity contribution in [2.45, 2.75) is 13.0 Å². The molecule has 36 heavy (non-hydrogen) atoms. The van der Waals surface area contributed by atoms with E-state index in [1.54, 1.807) is 48.5 Å². The summed E-state index contributed by atoms with van der Waals surface area (Å²) in [6, 6.07) is 15.6. The van der Waals surface area contributed by atoms with Gasteiger partial charge in [0.2, 0.25) is 15.9 Å². The Morgan fingerprint density at radius 3 is 2.17 bits per heavy atom. The second-order valence-electron chi connectivity index (χ2n) is 8.51. The number of rotatable bonds is 11. The van der Waals surface area contributed by atoms with Gasteiger partial charge in [-0.1, -0.05) is 30.3 Å². The van der Waals surface area contributed by atoms with Crippen LogP contribution in [0.3, 0.4) is 0 Å². The van der Waals surface area contributed by atoms with E-state index >= 15 is 0 Å². The van der Waals surface area contributed by atoms with Gasteiger partial charge in [0.15, 0.2) is 0 Å². The zero-order chi connectivity index (χ0) is 25.5. The number of benzene rings is 2. The van der Waals surface area contributed by atoms with Crippen LogP contribution in [0.15, 0.2) is 59.0 Å². The smallest absolute Gasteiger partial charge is 0.314 e. The molecule has 3 aromatic rings. The van der Waals surface area contributed by atoms with Crippen molar-refractivity contribution in [1.29, 1.82) is 0 Å². The third-order valence-corrected chi connectivity index (χ3v) is 7.79. The van der Waals surface area contributed by atoms with Gasteiger partial charge in [0.05, 0.1) is 24.6 Å². The third-order valence-electron chi connectivity index (χ3n) is 6.08. The van der Waals surface area contributed by atoms with Crippen LogP contribution in [0.1, 0.15) is 17.9 Å². The highest BCUT2D eigenvalue weighted by atomic mass is 32.2. The van der Waals surface area contributed by atoms with Crippen molar-refractivity contribution < 1.29 is 26.7 Å². The van der Waals surface area contributed by atoms with Crippen LogP contribution >= 0.6 is 0 Å². The summed E-state index contributed by atoms with van der Waals surface area (Å²) in [5, 5.41) is 16.1. The van der Waals surface area contributed by atoms with Gasteiger partial charge in [-0.05, 0) is 29.8 Å². The second kappa shape index (κ2) is 11.9. The lowest BCUT2D eigenvalue weighted by Crippen LogP contribution is -2.49. The minimum atomic E-state index is -3.65. The number of nitrogens with zero attached hydrogens (tertiary/aromatic N) is 5. The van der Waals surface area contributed by atoms with Crippen LogP contribution in [0.25, 0.3) is 11.5 Å². The number of aliphatic hydroxyl groups excluding tert-OH is 1. The van der Waals surface area contributed by atoms with E-state index in [2.05, 4.69) is 20.0 Å². The molecule has 0 atom stereocenters. The molecule has 0 bridgehead atoms. The molecule has 194 valence electrons. The first-order valence-electron chi connectivity index (χ1n) is 11.7. The summed E-state index contributed by atoms with van der Waals surface area (Å²) < 4.78 is 58.8. The molecule has 0 saturated carbocycles. The van der Waals surface area contributed by atoms with Gasteiger partial charge in [0, 0.05) is 44.8 Å². The Labute approximate surface area is 209 Å². The summed E-state index contributed by atoms with van der Waals surface area (Å²) in [5.74, 6) is -0.799. The number of anilines is 1. The fourth-order valence-corrected chi connectivity index (χ4v) is 5.53. The Kier molecular flexibility index (Phi) is 8.62. The molecule has 9 nitrogen and oxygen atoms in total. The Bertz CT molecular complexity index is 1200. The molecule has 1 aromatic heterocycles. The third kappa shape index (κ3) is 6.64. The first kappa shape index (κ1) is 26.1. The second-order valence-corrected chi connectivity index (χ2v) is 10.5. The van der Waals surface area contributed by atoms with Crippen LogP contribution in [0.4, 0.5) is 14.5 Å². The Morgan fingerprint density at radius 2 is 1.58 bits per heavy atom. The van der Waals surface area contributed by atoms with Crippen LogP contribution < -0.4 is 4.31 Å². The fourth-order valence-electron chi connectivity index (χ4n) is 4.04. The van der Waals surface area contributed by atoms with Gasteiger partial charge >= 0.3 is 6.43 Å². The predicted octanol–water partition coefficient (Wildman–Crippen LogP) is 2.62. The molecular weight excluding hydrogens is 492 g/mol. The van der Waals surface area contributed by atoms with Gasteiger partial charge in [0.25, 0.3) is 5.89 Å². The number of aliphatic hydroxyl groups is 1. The highest BCUT2D eigenvalue weighted by Gasteiger charge is 2.25. The van der Waals surface area contributed by atoms with Gasteiger partial charge in [-0.25, -0.2) is 8.42 Å². The molecule has 1 aliphatic heterocycles. The standard InChI is InChI=1S/C24H29F2N5O4S/c25-22(26)24-28-27-23(35-24)20-8-6-19(7-9-20)18-31(21-4-2-1-3-5-21)36(33,34)17-15-30-12-10-29(11-13-30)14-16-32/h1-9,22,32H,10-18H2. The average Bonchev–Trinajstić information content (AvgIpc) is 3.39. The minimum absolute atomic E-state index is 0.0246. The molecule has 1 aliphatic rings. The Hall–Kier alpha value is -2.93. The molecule has 0 radical (unpaired) electrons. The van der Waals surface area contributed by atoms with Gasteiger partial charge < -0.3 is 9.52 Å². The number of β-amino-alcohol motifs (C(OH)–C–C–N with tert-alkyl or cyclic N) is 1. The Morgan fingerprint density at radius 1 is 0.944 bits per heavy atom. The van der Waals surface area contributed by atoms with E-state index in [4.69, 9.17) is 9.52 Å². The number of sulfonamides is 1. The van der Waals surface area contributed by atoms with Gasteiger partial charge in [-0.2, -0.15) is 8.78 Å². The molecule has 12 heteroatoms. The van der Waals surface area contributed by atoms with E-state index in [0.717, 1.165) is 31.7 Å². The van der Waals surface area contributed by atoms with E-state index < -0.39 is 22.3 Å². The van der Waals surface area contributed by atoms with Gasteiger partial charge in [-0.15, -0.1) is 10.2 Å². The number of halogens is 2. The topological polar surface area (TPSA) is 103 Å². The average molecular weight is 522 g/mol. The van der Waals surface area contributed by atoms with E-state index in [9.17, 15) is 17.2 Å². The molecule has 1 N–H and O–H groups in total. The Balaban J connectivity index is 1.45. The normalized spacial score (nSPS) is 15.4. The molecule has 2 aromatic carbocycles. The zero-order valence-corrected chi connectivity index (χ0v) is 20.5. The summed E-state index contributed by atoms with van der Waals surface area (Å²) in [6.45, 7) is 4.39. The fraction of sp³-hybridized carbons (Fsp3) is 0.417. The van der Waals surface area contributed by atoms with Crippen molar-refractivity contribution in [3.05, 3.63) is 66.1 Å². The lowest BCUT2D eigenvalue weighted by molar-refractivity contribution is 0.116. The number of hydrogen-bond acceptors (Lipinski definition) is 8. The number of aromatic nitrogens is 2. The van der Waals surface area contributed by atoms with E-state index in [0.29, 0.717) is 24.3 Å².